The molecule has 0 aliphatic heterocycles. The monoisotopic (exact) mass is 295 g/mol. The molecular weight excluding hydrogens is 278 g/mol. The number of nitrogens with one attached hydrogen (secondary N) is 1. The minimum absolute atomic E-state index is 0.112. The van der Waals surface area contributed by atoms with E-state index in [1.807, 2.05) is 6.92 Å². The molecule has 1 rings (SSSR count). The molecule has 0 bridgehead atoms. The number of hydrogen-bond donors (Lipinski definition) is 2. The molecule has 1 aromatic rings. The zero-order valence-electron chi connectivity index (χ0n) is 11.4. The lowest BCUT2D eigenvalue weighted by Crippen LogP contribution is -2.12. The van der Waals surface area contributed by atoms with Crippen LogP contribution < -0.4 is 5.32 Å². The predicted molar refractivity (Wildman–Crippen MR) is 79.8 cm³/mol. The van der Waals surface area contributed by atoms with E-state index in [9.17, 15) is 4.79 Å². The van der Waals surface area contributed by atoms with Crippen molar-refractivity contribution in [1.29, 1.82) is 0 Å². The van der Waals surface area contributed by atoms with Crippen LogP contribution in [0.2, 0.25) is 5.02 Å². The number of anilines is 1. The van der Waals surface area contributed by atoms with Gasteiger partial charge in [0.25, 0.3) is 0 Å². The van der Waals surface area contributed by atoms with Crippen molar-refractivity contribution in [3.8, 4) is 11.8 Å². The highest BCUT2D eigenvalue weighted by Crippen LogP contribution is 2.23. The van der Waals surface area contributed by atoms with E-state index < -0.39 is 0 Å². The lowest BCUT2D eigenvalue weighted by Gasteiger charge is -2.08. The summed E-state index contributed by atoms with van der Waals surface area (Å²) >= 11 is 6.02. The third-order valence-corrected chi connectivity index (χ3v) is 2.78. The Balaban J connectivity index is 2.59. The third kappa shape index (κ3) is 6.07. The Kier molecular flexibility index (Phi) is 7.74. The fourth-order valence-electron chi connectivity index (χ4n) is 1.53. The van der Waals surface area contributed by atoms with Crippen LogP contribution in [-0.2, 0) is 9.53 Å². The minimum Gasteiger partial charge on any atom is -0.384 e. The molecule has 0 fully saturated rings. The number of amides is 1. The van der Waals surface area contributed by atoms with Crippen LogP contribution >= 0.6 is 11.6 Å². The number of halogens is 1. The topological polar surface area (TPSA) is 58.6 Å². The Labute approximate surface area is 124 Å². The molecule has 0 saturated heterocycles. The van der Waals surface area contributed by atoms with Gasteiger partial charge in [0.15, 0.2) is 0 Å². The molecule has 1 amide bonds. The van der Waals surface area contributed by atoms with Gasteiger partial charge in [-0.15, -0.1) is 0 Å². The molecule has 5 heteroatoms. The summed E-state index contributed by atoms with van der Waals surface area (Å²) in [6, 6.07) is 5.08. The molecule has 0 unspecified atom stereocenters. The highest BCUT2D eigenvalue weighted by atomic mass is 35.5. The number of benzene rings is 1. The average molecular weight is 296 g/mol. The summed E-state index contributed by atoms with van der Waals surface area (Å²) in [5, 5.41) is 11.9. The third-order valence-electron chi connectivity index (χ3n) is 2.45. The van der Waals surface area contributed by atoms with Crippen LogP contribution in [0.15, 0.2) is 18.2 Å². The van der Waals surface area contributed by atoms with Crippen LogP contribution in [0, 0.1) is 11.8 Å². The molecule has 0 aliphatic rings. The van der Waals surface area contributed by atoms with Crippen LogP contribution in [-0.4, -0.2) is 30.8 Å². The number of hydrogen-bond acceptors (Lipinski definition) is 3. The number of carbonyl (C=O) groups is 1. The second kappa shape index (κ2) is 9.38. The van der Waals surface area contributed by atoms with Gasteiger partial charge in [-0.1, -0.05) is 23.4 Å². The van der Waals surface area contributed by atoms with Gasteiger partial charge in [0.1, 0.15) is 6.61 Å². The van der Waals surface area contributed by atoms with Gasteiger partial charge in [0.2, 0.25) is 5.91 Å². The van der Waals surface area contributed by atoms with Gasteiger partial charge in [-0.25, -0.2) is 0 Å². The van der Waals surface area contributed by atoms with E-state index in [-0.39, 0.29) is 12.5 Å². The number of ether oxygens (including phenoxy) is 1. The van der Waals surface area contributed by atoms with Crippen molar-refractivity contribution in [2.45, 2.75) is 19.8 Å². The summed E-state index contributed by atoms with van der Waals surface area (Å²) in [5.41, 5.74) is 1.21. The van der Waals surface area contributed by atoms with E-state index in [1.54, 1.807) is 18.2 Å². The molecule has 1 aromatic carbocycles. The first-order valence-corrected chi connectivity index (χ1v) is 6.82. The Morgan fingerprint density at radius 3 is 3.00 bits per heavy atom. The minimum atomic E-state index is -0.207. The van der Waals surface area contributed by atoms with Crippen molar-refractivity contribution in [3.63, 3.8) is 0 Å². The van der Waals surface area contributed by atoms with E-state index >= 15 is 0 Å². The van der Waals surface area contributed by atoms with Crippen LogP contribution in [0.5, 0.6) is 0 Å². The molecule has 108 valence electrons. The number of carbonyl (C=O) groups excluding carboxylic acids is 1. The standard InChI is InChI=1S/C15H18ClNO3/c1-2-20-10-4-6-15(19)17-14-11-12(5-3-9-18)7-8-13(14)16/h7-8,11,18H,2,4,6,9-10H2,1H3,(H,17,19). The van der Waals surface area contributed by atoms with E-state index in [0.29, 0.717) is 42.3 Å². The lowest BCUT2D eigenvalue weighted by molar-refractivity contribution is -0.116. The smallest absolute Gasteiger partial charge is 0.224 e. The van der Waals surface area contributed by atoms with E-state index in [1.165, 1.54) is 0 Å². The van der Waals surface area contributed by atoms with Gasteiger partial charge in [0.05, 0.1) is 10.7 Å². The maximum atomic E-state index is 11.8. The molecule has 0 spiro atoms. The van der Waals surface area contributed by atoms with Gasteiger partial charge < -0.3 is 15.2 Å². The quantitative estimate of drug-likeness (QED) is 0.626. The molecule has 0 atom stereocenters. The van der Waals surface area contributed by atoms with Crippen LogP contribution in [0.3, 0.4) is 0 Å². The molecule has 0 saturated carbocycles. The summed E-state index contributed by atoms with van der Waals surface area (Å²) in [5.74, 6) is 5.20. The molecule has 2 N–H and O–H groups in total. The molecule has 0 aliphatic carbocycles. The fourth-order valence-corrected chi connectivity index (χ4v) is 1.70. The van der Waals surface area contributed by atoms with Crippen LogP contribution in [0.4, 0.5) is 5.69 Å². The first-order valence-electron chi connectivity index (χ1n) is 6.44. The Morgan fingerprint density at radius 1 is 1.50 bits per heavy atom. The molecule has 0 heterocycles. The zero-order valence-corrected chi connectivity index (χ0v) is 12.2. The van der Waals surface area contributed by atoms with Gasteiger partial charge >= 0.3 is 0 Å². The van der Waals surface area contributed by atoms with Crippen molar-refractivity contribution < 1.29 is 14.6 Å². The largest absolute Gasteiger partial charge is 0.384 e. The van der Waals surface area contributed by atoms with Crippen molar-refractivity contribution >= 4 is 23.2 Å². The van der Waals surface area contributed by atoms with Crippen molar-refractivity contribution in [2.24, 2.45) is 0 Å². The zero-order chi connectivity index (χ0) is 14.8. The first-order chi connectivity index (χ1) is 9.67. The Bertz CT molecular complexity index is 506. The highest BCUT2D eigenvalue weighted by Gasteiger charge is 2.06. The molecule has 4 nitrogen and oxygen atoms in total. The lowest BCUT2D eigenvalue weighted by atomic mass is 10.2. The number of aliphatic hydroxyl groups excluding tert-OH is 1. The first kappa shape index (κ1) is 16.5. The number of rotatable bonds is 6. The maximum Gasteiger partial charge on any atom is 0.224 e. The van der Waals surface area contributed by atoms with Gasteiger partial charge in [-0.2, -0.15) is 0 Å². The Hall–Kier alpha value is -1.54. The predicted octanol–water partition coefficient (Wildman–Crippen LogP) is 2.44. The summed E-state index contributed by atoms with van der Waals surface area (Å²) in [6.45, 7) is 2.93. The van der Waals surface area contributed by atoms with E-state index in [4.69, 9.17) is 21.4 Å². The molecular formula is C15H18ClNO3. The molecule has 20 heavy (non-hydrogen) atoms. The fraction of sp³-hybridized carbons (Fsp3) is 0.400. The normalized spacial score (nSPS) is 9.75. The van der Waals surface area contributed by atoms with Crippen molar-refractivity contribution in [1.82, 2.24) is 0 Å². The Morgan fingerprint density at radius 2 is 2.30 bits per heavy atom. The van der Waals surface area contributed by atoms with Gasteiger partial charge in [-0.05, 0) is 31.5 Å². The summed E-state index contributed by atoms with van der Waals surface area (Å²) < 4.78 is 5.17. The highest BCUT2D eigenvalue weighted by molar-refractivity contribution is 6.33. The average Bonchev–Trinajstić information content (AvgIpc) is 2.44. The van der Waals surface area contributed by atoms with Gasteiger partial charge in [0, 0.05) is 25.2 Å². The van der Waals surface area contributed by atoms with Crippen molar-refractivity contribution in [3.05, 3.63) is 28.8 Å². The van der Waals surface area contributed by atoms with E-state index in [2.05, 4.69) is 17.2 Å². The van der Waals surface area contributed by atoms with Gasteiger partial charge in [-0.3, -0.25) is 4.79 Å². The maximum absolute atomic E-state index is 11.8. The summed E-state index contributed by atoms with van der Waals surface area (Å²) in [6.07, 6.45) is 1.05. The van der Waals surface area contributed by atoms with Crippen molar-refractivity contribution in [2.75, 3.05) is 25.1 Å². The summed E-state index contributed by atoms with van der Waals surface area (Å²) in [4.78, 5) is 11.8. The SMILES string of the molecule is CCOCCCC(=O)Nc1cc(C#CCO)ccc1Cl. The van der Waals surface area contributed by atoms with Crippen LogP contribution in [0.25, 0.3) is 0 Å². The summed E-state index contributed by atoms with van der Waals surface area (Å²) in [7, 11) is 0. The van der Waals surface area contributed by atoms with E-state index in [0.717, 1.165) is 0 Å². The molecule has 0 radical (unpaired) electrons. The second-order valence-electron chi connectivity index (χ2n) is 4.00. The van der Waals surface area contributed by atoms with Crippen LogP contribution in [0.1, 0.15) is 25.3 Å². The second-order valence-corrected chi connectivity index (χ2v) is 4.41. The molecule has 0 aromatic heterocycles. The number of aliphatic hydroxyl groups is 1.